The molecule has 5 heteroatoms. The summed E-state index contributed by atoms with van der Waals surface area (Å²) in [6, 6.07) is 2.09. The number of hydrogen-bond donors (Lipinski definition) is 1. The van der Waals surface area contributed by atoms with Gasteiger partial charge in [0.2, 0.25) is 0 Å². The Morgan fingerprint density at radius 3 is 3.05 bits per heavy atom. The quantitative estimate of drug-likeness (QED) is 0.756. The van der Waals surface area contributed by atoms with Crippen LogP contribution in [0.3, 0.4) is 0 Å². The first-order chi connectivity index (χ1) is 10.4. The minimum atomic E-state index is 0.849. The molecule has 0 fully saturated rings. The molecule has 0 saturated carbocycles. The van der Waals surface area contributed by atoms with Crippen LogP contribution in [0.25, 0.3) is 21.6 Å². The van der Waals surface area contributed by atoms with Crippen LogP contribution in [0.1, 0.15) is 30.2 Å². The first kappa shape index (κ1) is 13.2. The van der Waals surface area contributed by atoms with E-state index in [1.807, 2.05) is 11.3 Å². The van der Waals surface area contributed by atoms with Gasteiger partial charge in [-0.05, 0) is 42.7 Å². The zero-order valence-corrected chi connectivity index (χ0v) is 13.6. The molecule has 4 rings (SSSR count). The summed E-state index contributed by atoms with van der Waals surface area (Å²) in [6.45, 7) is 3.14. The second-order valence-electron chi connectivity index (χ2n) is 5.37. The molecule has 108 valence electrons. The van der Waals surface area contributed by atoms with E-state index < -0.39 is 0 Å². The van der Waals surface area contributed by atoms with Crippen molar-refractivity contribution in [1.82, 2.24) is 9.97 Å². The number of fused-ring (bicyclic) bond motifs is 3. The van der Waals surface area contributed by atoms with E-state index in [1.165, 1.54) is 35.1 Å². The van der Waals surface area contributed by atoms with E-state index in [1.54, 1.807) is 11.3 Å². The van der Waals surface area contributed by atoms with Gasteiger partial charge < -0.3 is 5.32 Å². The minimum absolute atomic E-state index is 0.849. The lowest BCUT2D eigenvalue weighted by Gasteiger charge is -2.08. The molecule has 0 atom stereocenters. The van der Waals surface area contributed by atoms with Crippen molar-refractivity contribution in [2.24, 2.45) is 0 Å². The summed E-state index contributed by atoms with van der Waals surface area (Å²) in [5.41, 5.74) is 2.61. The summed E-state index contributed by atoms with van der Waals surface area (Å²) in [5, 5.41) is 8.99. The fraction of sp³-hybridized carbons (Fsp3) is 0.375. The van der Waals surface area contributed by atoms with Crippen molar-refractivity contribution < 1.29 is 0 Å². The van der Waals surface area contributed by atoms with Crippen LogP contribution in [0.2, 0.25) is 0 Å². The van der Waals surface area contributed by atoms with Gasteiger partial charge in [-0.2, -0.15) is 11.3 Å². The molecule has 3 heterocycles. The fourth-order valence-corrected chi connectivity index (χ4v) is 4.78. The Kier molecular flexibility index (Phi) is 3.39. The first-order valence-electron chi connectivity index (χ1n) is 7.45. The van der Waals surface area contributed by atoms with Crippen LogP contribution in [0.15, 0.2) is 16.8 Å². The molecular formula is C16H17N3S2. The van der Waals surface area contributed by atoms with E-state index in [0.717, 1.165) is 35.0 Å². The molecule has 3 nitrogen and oxygen atoms in total. The van der Waals surface area contributed by atoms with Gasteiger partial charge in [0.15, 0.2) is 5.82 Å². The molecule has 0 aliphatic heterocycles. The van der Waals surface area contributed by atoms with Gasteiger partial charge >= 0.3 is 0 Å². The summed E-state index contributed by atoms with van der Waals surface area (Å²) in [7, 11) is 0. The van der Waals surface area contributed by atoms with Crippen molar-refractivity contribution in [3.63, 3.8) is 0 Å². The normalized spacial score (nSPS) is 13.8. The van der Waals surface area contributed by atoms with Gasteiger partial charge in [-0.25, -0.2) is 9.97 Å². The molecule has 3 aromatic heterocycles. The summed E-state index contributed by atoms with van der Waals surface area (Å²) >= 11 is 3.55. The Morgan fingerprint density at radius 2 is 2.24 bits per heavy atom. The maximum atomic E-state index is 4.82. The molecule has 3 aromatic rings. The second kappa shape index (κ2) is 5.39. The third-order valence-corrected chi connectivity index (χ3v) is 5.76. The lowest BCUT2D eigenvalue weighted by molar-refractivity contribution is 0.916. The van der Waals surface area contributed by atoms with Crippen molar-refractivity contribution in [2.45, 2.75) is 32.6 Å². The summed E-state index contributed by atoms with van der Waals surface area (Å²) in [6.07, 6.45) is 4.76. The van der Waals surface area contributed by atoms with Gasteiger partial charge in [-0.3, -0.25) is 0 Å². The Bertz CT molecular complexity index is 775. The van der Waals surface area contributed by atoms with Crippen molar-refractivity contribution >= 4 is 38.7 Å². The number of aromatic nitrogens is 2. The van der Waals surface area contributed by atoms with Gasteiger partial charge in [-0.1, -0.05) is 6.92 Å². The lowest BCUT2D eigenvalue weighted by Crippen LogP contribution is -2.04. The van der Waals surface area contributed by atoms with Crippen LogP contribution in [0.5, 0.6) is 0 Å². The predicted molar refractivity (Wildman–Crippen MR) is 91.5 cm³/mol. The zero-order chi connectivity index (χ0) is 14.2. The van der Waals surface area contributed by atoms with Gasteiger partial charge in [-0.15, -0.1) is 11.3 Å². The molecule has 1 aliphatic carbocycles. The van der Waals surface area contributed by atoms with Gasteiger partial charge in [0, 0.05) is 22.4 Å². The molecule has 0 spiro atoms. The highest BCUT2D eigenvalue weighted by molar-refractivity contribution is 7.19. The van der Waals surface area contributed by atoms with Gasteiger partial charge in [0.05, 0.1) is 5.39 Å². The van der Waals surface area contributed by atoms with Crippen LogP contribution in [-0.2, 0) is 12.8 Å². The van der Waals surface area contributed by atoms with E-state index >= 15 is 0 Å². The third kappa shape index (κ3) is 2.24. The minimum Gasteiger partial charge on any atom is -0.369 e. The molecule has 1 N–H and O–H groups in total. The van der Waals surface area contributed by atoms with Crippen molar-refractivity contribution in [3.8, 4) is 11.4 Å². The Hall–Kier alpha value is -1.46. The monoisotopic (exact) mass is 315 g/mol. The highest BCUT2D eigenvalue weighted by Gasteiger charge is 2.22. The molecular weight excluding hydrogens is 298 g/mol. The molecule has 0 amide bonds. The molecule has 1 aliphatic rings. The Labute approximate surface area is 132 Å². The number of aryl methyl sites for hydroxylation is 2. The summed E-state index contributed by atoms with van der Waals surface area (Å²) in [4.78, 5) is 12.3. The zero-order valence-electron chi connectivity index (χ0n) is 12.0. The molecule has 21 heavy (non-hydrogen) atoms. The smallest absolute Gasteiger partial charge is 0.163 e. The number of rotatable bonds is 4. The van der Waals surface area contributed by atoms with E-state index in [-0.39, 0.29) is 0 Å². The van der Waals surface area contributed by atoms with Crippen molar-refractivity contribution in [2.75, 3.05) is 11.9 Å². The third-order valence-electron chi connectivity index (χ3n) is 3.89. The topological polar surface area (TPSA) is 37.8 Å². The molecule has 0 bridgehead atoms. The molecule has 0 aromatic carbocycles. The predicted octanol–water partition coefficient (Wildman–Crippen LogP) is 4.73. The summed E-state index contributed by atoms with van der Waals surface area (Å²) in [5.74, 6) is 1.88. The van der Waals surface area contributed by atoms with Gasteiger partial charge in [0.1, 0.15) is 10.6 Å². The van der Waals surface area contributed by atoms with E-state index in [4.69, 9.17) is 9.97 Å². The second-order valence-corrected chi connectivity index (χ2v) is 7.24. The maximum Gasteiger partial charge on any atom is 0.163 e. The maximum absolute atomic E-state index is 4.82. The first-order valence-corrected chi connectivity index (χ1v) is 9.21. The SMILES string of the molecule is CCCNc1nc(-c2ccsc2)nc2sc3c(c12)CCC3. The number of nitrogens with one attached hydrogen (secondary N) is 1. The molecule has 0 radical (unpaired) electrons. The van der Waals surface area contributed by atoms with Crippen LogP contribution in [0.4, 0.5) is 5.82 Å². The van der Waals surface area contributed by atoms with Crippen LogP contribution in [0, 0.1) is 0 Å². The molecule has 0 unspecified atom stereocenters. The van der Waals surface area contributed by atoms with Crippen LogP contribution >= 0.6 is 22.7 Å². The highest BCUT2D eigenvalue weighted by Crippen LogP contribution is 2.40. The highest BCUT2D eigenvalue weighted by atomic mass is 32.1. The van der Waals surface area contributed by atoms with E-state index in [0.29, 0.717) is 0 Å². The average Bonchev–Trinajstić information content (AvgIpc) is 3.19. The fourth-order valence-electron chi connectivity index (χ4n) is 2.89. The van der Waals surface area contributed by atoms with Gasteiger partial charge in [0.25, 0.3) is 0 Å². The summed E-state index contributed by atoms with van der Waals surface area (Å²) < 4.78 is 0. The Morgan fingerprint density at radius 1 is 1.29 bits per heavy atom. The number of thiophene rings is 2. The lowest BCUT2D eigenvalue weighted by atomic mass is 10.2. The largest absolute Gasteiger partial charge is 0.369 e. The number of nitrogens with zero attached hydrogens (tertiary/aromatic N) is 2. The number of anilines is 1. The average molecular weight is 315 g/mol. The van der Waals surface area contributed by atoms with Crippen LogP contribution < -0.4 is 5.32 Å². The van der Waals surface area contributed by atoms with Crippen LogP contribution in [-0.4, -0.2) is 16.5 Å². The Balaban J connectivity index is 1.91. The number of hydrogen-bond acceptors (Lipinski definition) is 5. The van der Waals surface area contributed by atoms with Crippen molar-refractivity contribution in [1.29, 1.82) is 0 Å². The standard InChI is InChI=1S/C16H17N3S2/c1-2-7-17-15-13-11-4-3-5-12(11)21-16(13)19-14(18-15)10-6-8-20-9-10/h6,8-9H,2-5,7H2,1H3,(H,17,18,19). The van der Waals surface area contributed by atoms with E-state index in [2.05, 4.69) is 29.1 Å². The van der Waals surface area contributed by atoms with Crippen molar-refractivity contribution in [3.05, 3.63) is 27.3 Å². The van der Waals surface area contributed by atoms with E-state index in [9.17, 15) is 0 Å². The molecule has 0 saturated heterocycles.